The summed E-state index contributed by atoms with van der Waals surface area (Å²) >= 11 is 0. The van der Waals surface area contributed by atoms with Crippen LogP contribution in [-0.2, 0) is 6.42 Å². The van der Waals surface area contributed by atoms with Crippen LogP contribution < -0.4 is 20.7 Å². The highest BCUT2D eigenvalue weighted by molar-refractivity contribution is 5.76. The fourth-order valence-corrected chi connectivity index (χ4v) is 4.13. The predicted molar refractivity (Wildman–Crippen MR) is 133 cm³/mol. The summed E-state index contributed by atoms with van der Waals surface area (Å²) in [6.07, 6.45) is 8.12. The highest BCUT2D eigenvalue weighted by atomic mass is 16.3. The van der Waals surface area contributed by atoms with Gasteiger partial charge in [-0.2, -0.15) is 0 Å². The number of benzene rings is 1. The Labute approximate surface area is 190 Å². The van der Waals surface area contributed by atoms with Crippen LogP contribution in [0, 0.1) is 0 Å². The zero-order valence-electron chi connectivity index (χ0n) is 19.8. The van der Waals surface area contributed by atoms with Gasteiger partial charge in [-0.15, -0.1) is 0 Å². The van der Waals surface area contributed by atoms with Crippen LogP contribution in [0.1, 0.15) is 25.3 Å². The van der Waals surface area contributed by atoms with Crippen LogP contribution >= 0.6 is 0 Å². The van der Waals surface area contributed by atoms with E-state index in [-0.39, 0.29) is 6.04 Å². The Morgan fingerprint density at radius 3 is 2.19 bits per heavy atom. The van der Waals surface area contributed by atoms with Gasteiger partial charge in [0.15, 0.2) is 0 Å². The second kappa shape index (κ2) is 9.84. The lowest BCUT2D eigenvalue weighted by Gasteiger charge is -2.34. The van der Waals surface area contributed by atoms with E-state index >= 15 is 0 Å². The SMILES string of the molecule is CN(CCc1ccccc1)c1c(N(C)CC(CC2=CCC(C)(O)C=C2)N(C)C)c(=O)c1=O. The van der Waals surface area contributed by atoms with Gasteiger partial charge < -0.3 is 19.8 Å². The molecule has 0 saturated carbocycles. The van der Waals surface area contributed by atoms with Gasteiger partial charge in [0.1, 0.15) is 11.4 Å². The number of nitrogens with zero attached hydrogens (tertiary/aromatic N) is 3. The van der Waals surface area contributed by atoms with Crippen LogP contribution in [0.4, 0.5) is 11.4 Å². The van der Waals surface area contributed by atoms with E-state index < -0.39 is 16.5 Å². The Kier molecular flexibility index (Phi) is 7.36. The number of likely N-dealkylation sites (N-methyl/N-ethyl adjacent to an activating group) is 3. The van der Waals surface area contributed by atoms with Crippen LogP contribution in [0.5, 0.6) is 0 Å². The van der Waals surface area contributed by atoms with E-state index in [2.05, 4.69) is 23.1 Å². The lowest BCUT2D eigenvalue weighted by molar-refractivity contribution is 0.113. The number of allylic oxidation sites excluding steroid dienone is 1. The van der Waals surface area contributed by atoms with Crippen molar-refractivity contribution < 1.29 is 5.11 Å². The second-order valence-electron chi connectivity index (χ2n) is 9.39. The molecule has 0 amide bonds. The quantitative estimate of drug-likeness (QED) is 0.576. The summed E-state index contributed by atoms with van der Waals surface area (Å²) in [4.78, 5) is 30.8. The van der Waals surface area contributed by atoms with Crippen molar-refractivity contribution in [1.82, 2.24) is 4.90 Å². The van der Waals surface area contributed by atoms with Gasteiger partial charge in [0.05, 0.1) is 5.60 Å². The van der Waals surface area contributed by atoms with Crippen LogP contribution in [0.15, 0.2) is 63.7 Å². The molecule has 0 aliphatic heterocycles. The maximum atomic E-state index is 12.5. The van der Waals surface area contributed by atoms with Crippen LogP contribution in [0.25, 0.3) is 0 Å². The minimum Gasteiger partial charge on any atom is -0.386 e. The summed E-state index contributed by atoms with van der Waals surface area (Å²) in [5, 5.41) is 10.1. The van der Waals surface area contributed by atoms with Crippen molar-refractivity contribution in [1.29, 1.82) is 0 Å². The molecule has 1 aliphatic carbocycles. The lowest BCUT2D eigenvalue weighted by Crippen LogP contribution is -2.48. The molecule has 0 spiro atoms. The summed E-state index contributed by atoms with van der Waals surface area (Å²) in [6.45, 7) is 3.10. The summed E-state index contributed by atoms with van der Waals surface area (Å²) in [7, 11) is 7.81. The molecule has 6 nitrogen and oxygen atoms in total. The molecule has 172 valence electrons. The molecule has 2 aromatic carbocycles. The average molecular weight is 438 g/mol. The second-order valence-corrected chi connectivity index (χ2v) is 9.39. The van der Waals surface area contributed by atoms with Gasteiger partial charge in [-0.25, -0.2) is 0 Å². The van der Waals surface area contributed by atoms with Gasteiger partial charge in [-0.3, -0.25) is 9.59 Å². The number of aliphatic hydroxyl groups is 1. The summed E-state index contributed by atoms with van der Waals surface area (Å²) in [6, 6.07) is 10.3. The fraction of sp³-hybridized carbons (Fsp3) is 0.462. The van der Waals surface area contributed by atoms with E-state index in [0.29, 0.717) is 30.9 Å². The molecular formula is C26H35N3O3. The monoisotopic (exact) mass is 437 g/mol. The van der Waals surface area contributed by atoms with E-state index in [4.69, 9.17) is 0 Å². The van der Waals surface area contributed by atoms with Gasteiger partial charge in [0.25, 0.3) is 10.9 Å². The van der Waals surface area contributed by atoms with Crippen molar-refractivity contribution in [3.8, 4) is 0 Å². The maximum absolute atomic E-state index is 12.5. The molecule has 6 heteroatoms. The first kappa shape index (κ1) is 24.0. The molecule has 0 aromatic heterocycles. The van der Waals surface area contributed by atoms with Gasteiger partial charge in [-0.1, -0.05) is 54.1 Å². The normalized spacial score (nSPS) is 19.3. The molecule has 0 radical (unpaired) electrons. The van der Waals surface area contributed by atoms with Gasteiger partial charge in [-0.05, 0) is 45.8 Å². The molecule has 0 heterocycles. The Morgan fingerprint density at radius 1 is 1.00 bits per heavy atom. The number of anilines is 2. The zero-order valence-corrected chi connectivity index (χ0v) is 19.8. The predicted octanol–water partition coefficient (Wildman–Crippen LogP) is 2.36. The number of rotatable bonds is 10. The van der Waals surface area contributed by atoms with Crippen molar-refractivity contribution in [2.24, 2.45) is 0 Å². The maximum Gasteiger partial charge on any atom is 0.253 e. The Balaban J connectivity index is 1.68. The number of hydrogen-bond acceptors (Lipinski definition) is 6. The molecule has 0 bridgehead atoms. The Bertz CT molecular complexity index is 1050. The molecule has 32 heavy (non-hydrogen) atoms. The van der Waals surface area contributed by atoms with E-state index in [1.807, 2.05) is 68.3 Å². The molecular weight excluding hydrogens is 402 g/mol. The number of hydrogen-bond donors (Lipinski definition) is 1. The summed E-state index contributed by atoms with van der Waals surface area (Å²) < 4.78 is 0. The van der Waals surface area contributed by atoms with Gasteiger partial charge in [0.2, 0.25) is 0 Å². The smallest absolute Gasteiger partial charge is 0.253 e. The first-order chi connectivity index (χ1) is 15.1. The van der Waals surface area contributed by atoms with Crippen LogP contribution in [0.3, 0.4) is 0 Å². The Hall–Kier alpha value is -2.70. The topological polar surface area (TPSA) is 64.1 Å². The average Bonchev–Trinajstić information content (AvgIpc) is 2.76. The van der Waals surface area contributed by atoms with Gasteiger partial charge >= 0.3 is 0 Å². The third-order valence-corrected chi connectivity index (χ3v) is 6.32. The van der Waals surface area contributed by atoms with Gasteiger partial charge in [0, 0.05) is 33.2 Å². The molecule has 1 aliphatic rings. The molecule has 0 saturated heterocycles. The standard InChI is InChI=1S/C26H35N3O3/c1-26(32)14-11-20(12-15-26)17-21(27(2)3)18-29(5)23-22(24(30)25(23)31)28(4)16-13-19-9-7-6-8-10-19/h6-12,14,21,32H,13,15-18H2,1-5H3. The van der Waals surface area contributed by atoms with E-state index in [9.17, 15) is 14.7 Å². The van der Waals surface area contributed by atoms with Crippen molar-refractivity contribution in [2.45, 2.75) is 37.8 Å². The van der Waals surface area contributed by atoms with E-state index in [1.165, 1.54) is 11.1 Å². The largest absolute Gasteiger partial charge is 0.386 e. The van der Waals surface area contributed by atoms with E-state index in [0.717, 1.165) is 12.8 Å². The lowest BCUT2D eigenvalue weighted by atomic mass is 9.91. The first-order valence-corrected chi connectivity index (χ1v) is 11.2. The molecule has 2 atom stereocenters. The highest BCUT2D eigenvalue weighted by Crippen LogP contribution is 2.26. The van der Waals surface area contributed by atoms with Crippen molar-refractivity contribution in [3.63, 3.8) is 0 Å². The molecule has 1 N–H and O–H groups in total. The summed E-state index contributed by atoms with van der Waals surface area (Å²) in [5.74, 6) is 0. The molecule has 0 fully saturated rings. The highest BCUT2D eigenvalue weighted by Gasteiger charge is 2.29. The van der Waals surface area contributed by atoms with E-state index in [1.54, 1.807) is 6.92 Å². The summed E-state index contributed by atoms with van der Waals surface area (Å²) in [5.41, 5.74) is 1.81. The van der Waals surface area contributed by atoms with Crippen LogP contribution in [0.2, 0.25) is 0 Å². The Morgan fingerprint density at radius 2 is 1.62 bits per heavy atom. The minimum absolute atomic E-state index is 0.158. The fourth-order valence-electron chi connectivity index (χ4n) is 4.13. The van der Waals surface area contributed by atoms with Crippen molar-refractivity contribution in [2.75, 3.05) is 51.1 Å². The molecule has 2 unspecified atom stereocenters. The van der Waals surface area contributed by atoms with Crippen molar-refractivity contribution >= 4 is 11.4 Å². The van der Waals surface area contributed by atoms with Crippen LogP contribution in [-0.4, -0.2) is 62.9 Å². The zero-order chi connectivity index (χ0) is 23.5. The third-order valence-electron chi connectivity index (χ3n) is 6.32. The minimum atomic E-state index is -0.781. The molecule has 3 rings (SSSR count). The third kappa shape index (κ3) is 5.56. The first-order valence-electron chi connectivity index (χ1n) is 11.2. The molecule has 2 aromatic rings. The van der Waals surface area contributed by atoms with Crippen molar-refractivity contribution in [3.05, 3.63) is 80.1 Å².